The summed E-state index contributed by atoms with van der Waals surface area (Å²) in [7, 11) is 0. The third kappa shape index (κ3) is 4.47. The highest BCUT2D eigenvalue weighted by molar-refractivity contribution is 6.06. The van der Waals surface area contributed by atoms with Gasteiger partial charge in [-0.05, 0) is 54.7 Å². The number of esters is 1. The van der Waals surface area contributed by atoms with Crippen LogP contribution in [-0.2, 0) is 30.3 Å². The molecule has 8 nitrogen and oxygen atoms in total. The summed E-state index contributed by atoms with van der Waals surface area (Å²) >= 11 is 0. The van der Waals surface area contributed by atoms with Crippen LogP contribution in [0.2, 0.25) is 0 Å². The van der Waals surface area contributed by atoms with Crippen LogP contribution in [0.4, 0.5) is 5.69 Å². The van der Waals surface area contributed by atoms with Gasteiger partial charge in [-0.1, -0.05) is 85.0 Å². The highest BCUT2D eigenvalue weighted by Gasteiger charge is 2.75. The lowest BCUT2D eigenvalue weighted by molar-refractivity contribution is -0.159. The van der Waals surface area contributed by atoms with E-state index in [-0.39, 0.29) is 31.6 Å². The van der Waals surface area contributed by atoms with E-state index in [0.29, 0.717) is 24.9 Å². The number of aliphatic hydroxyl groups is 1. The fourth-order valence-electron chi connectivity index (χ4n) is 7.68. The number of amides is 2. The van der Waals surface area contributed by atoms with Crippen molar-refractivity contribution in [3.63, 3.8) is 0 Å². The predicted octanol–water partition coefficient (Wildman–Crippen LogP) is 4.21. The Balaban J connectivity index is 1.37. The van der Waals surface area contributed by atoms with Crippen LogP contribution in [0.25, 0.3) is 10.8 Å². The number of rotatable bonds is 5. The zero-order valence-corrected chi connectivity index (χ0v) is 24.7. The van der Waals surface area contributed by atoms with Gasteiger partial charge in [0.15, 0.2) is 0 Å². The van der Waals surface area contributed by atoms with Crippen molar-refractivity contribution in [2.24, 2.45) is 11.8 Å². The maximum atomic E-state index is 14.9. The van der Waals surface area contributed by atoms with Gasteiger partial charge in [0, 0.05) is 12.2 Å². The molecule has 4 aliphatic rings. The second-order valence-electron chi connectivity index (χ2n) is 12.4. The summed E-state index contributed by atoms with van der Waals surface area (Å²) in [5.74, 6) is -3.18. The predicted molar refractivity (Wildman–Crippen MR) is 166 cm³/mol. The van der Waals surface area contributed by atoms with Gasteiger partial charge in [-0.2, -0.15) is 0 Å². The standard InChI is InChI=1S/C36H36N2O6/c1-35-17-8-3-9-20-43-34(42)30(35)29-32(40)38(28(23-39)21-24-11-4-2-5-12-24)31-33(41)37(19-10-18-36(29,31)44-35)27-16-15-25-13-6-7-14-26(25)22-27/h2,4-8,10-18,22,28-31,39H,3,9,19-21,23H2,1H3/b17-8-/t28-,29+,30+,31?,35-,36+/m1/s1. The Bertz CT molecular complexity index is 1670. The van der Waals surface area contributed by atoms with Crippen molar-refractivity contribution < 1.29 is 29.0 Å². The summed E-state index contributed by atoms with van der Waals surface area (Å²) in [6, 6.07) is 21.6. The molecule has 1 spiro atoms. The van der Waals surface area contributed by atoms with Crippen molar-refractivity contribution in [2.45, 2.75) is 49.5 Å². The zero-order chi connectivity index (χ0) is 30.5. The lowest BCUT2D eigenvalue weighted by atomic mass is 9.74. The van der Waals surface area contributed by atoms with Gasteiger partial charge < -0.3 is 24.4 Å². The van der Waals surface area contributed by atoms with Crippen LogP contribution in [0.3, 0.4) is 0 Å². The summed E-state index contributed by atoms with van der Waals surface area (Å²) in [4.78, 5) is 46.5. The fraction of sp³-hybridized carbons (Fsp3) is 0.361. The summed E-state index contributed by atoms with van der Waals surface area (Å²) in [6.45, 7) is 1.95. The number of fused-ring (bicyclic) bond motifs is 3. The maximum absolute atomic E-state index is 14.9. The quantitative estimate of drug-likeness (QED) is 0.352. The molecule has 7 rings (SSSR count). The molecule has 226 valence electrons. The van der Waals surface area contributed by atoms with Gasteiger partial charge in [0.25, 0.3) is 5.91 Å². The monoisotopic (exact) mass is 592 g/mol. The number of likely N-dealkylation sites (tertiary alicyclic amines) is 1. The van der Waals surface area contributed by atoms with Crippen LogP contribution in [0.15, 0.2) is 97.1 Å². The van der Waals surface area contributed by atoms with Crippen molar-refractivity contribution in [1.82, 2.24) is 4.90 Å². The molecule has 1 unspecified atom stereocenters. The van der Waals surface area contributed by atoms with Gasteiger partial charge in [0.05, 0.1) is 30.8 Å². The van der Waals surface area contributed by atoms with E-state index in [0.717, 1.165) is 16.3 Å². The summed E-state index contributed by atoms with van der Waals surface area (Å²) in [5.41, 5.74) is -0.987. The molecule has 6 atom stereocenters. The number of carbonyl (C=O) groups excluding carboxylic acids is 3. The third-order valence-electron chi connectivity index (χ3n) is 9.65. The Morgan fingerprint density at radius 2 is 1.68 bits per heavy atom. The van der Waals surface area contributed by atoms with Crippen molar-refractivity contribution >= 4 is 34.2 Å². The van der Waals surface area contributed by atoms with E-state index in [1.54, 1.807) is 11.8 Å². The maximum Gasteiger partial charge on any atom is 0.313 e. The molecule has 3 aromatic carbocycles. The number of allylic oxidation sites excluding steroid dienone is 1. The molecule has 44 heavy (non-hydrogen) atoms. The minimum Gasteiger partial charge on any atom is -0.465 e. The largest absolute Gasteiger partial charge is 0.465 e. The van der Waals surface area contributed by atoms with E-state index in [9.17, 15) is 19.5 Å². The van der Waals surface area contributed by atoms with Crippen molar-refractivity contribution in [1.29, 1.82) is 0 Å². The first kappa shape index (κ1) is 28.5. The van der Waals surface area contributed by atoms with Crippen LogP contribution in [0.1, 0.15) is 25.3 Å². The van der Waals surface area contributed by atoms with Crippen LogP contribution < -0.4 is 4.90 Å². The van der Waals surface area contributed by atoms with E-state index < -0.39 is 41.1 Å². The topological polar surface area (TPSA) is 96.4 Å². The smallest absolute Gasteiger partial charge is 0.313 e. The van der Waals surface area contributed by atoms with Gasteiger partial charge in [0.1, 0.15) is 17.6 Å². The van der Waals surface area contributed by atoms with Crippen molar-refractivity contribution in [3.8, 4) is 0 Å². The molecule has 2 saturated heterocycles. The minimum atomic E-state index is -1.44. The molecule has 0 aliphatic carbocycles. The lowest BCUT2D eigenvalue weighted by Crippen LogP contribution is -2.59. The van der Waals surface area contributed by atoms with Gasteiger partial charge in [-0.15, -0.1) is 0 Å². The van der Waals surface area contributed by atoms with E-state index in [4.69, 9.17) is 9.47 Å². The average molecular weight is 593 g/mol. The van der Waals surface area contributed by atoms with Crippen molar-refractivity contribution in [3.05, 3.63) is 103 Å². The normalized spacial score (nSPS) is 31.3. The molecule has 1 N–H and O–H groups in total. The number of benzene rings is 3. The SMILES string of the molecule is C[C@@]12/C=C\CCCOC(=O)[C@@H]1[C@H]1C(=O)N([C@@H](CO)Cc3ccccc3)C3C(=O)N(c4ccc5ccccc5c4)CC=C[C@@]31O2. The van der Waals surface area contributed by atoms with E-state index >= 15 is 0 Å². The highest BCUT2D eigenvalue weighted by atomic mass is 16.6. The van der Waals surface area contributed by atoms with Crippen molar-refractivity contribution in [2.75, 3.05) is 24.7 Å². The average Bonchev–Trinajstić information content (AvgIpc) is 3.39. The van der Waals surface area contributed by atoms with Crippen LogP contribution in [0.5, 0.6) is 0 Å². The van der Waals surface area contributed by atoms with E-state index in [2.05, 4.69) is 0 Å². The molecular formula is C36H36N2O6. The highest BCUT2D eigenvalue weighted by Crippen LogP contribution is 2.57. The van der Waals surface area contributed by atoms with Gasteiger partial charge >= 0.3 is 5.97 Å². The number of cyclic esters (lactones) is 1. The van der Waals surface area contributed by atoms with Gasteiger partial charge in [-0.25, -0.2) is 0 Å². The number of nitrogens with zero attached hydrogens (tertiary/aromatic N) is 2. The van der Waals surface area contributed by atoms with E-state index in [1.165, 1.54) is 4.90 Å². The first-order chi connectivity index (χ1) is 21.4. The Labute approximate surface area is 256 Å². The molecule has 2 fully saturated rings. The number of carbonyl (C=O) groups is 3. The van der Waals surface area contributed by atoms with Crippen LogP contribution in [-0.4, -0.2) is 70.8 Å². The minimum absolute atomic E-state index is 0.245. The molecule has 4 aliphatic heterocycles. The molecule has 8 heteroatoms. The molecule has 0 saturated carbocycles. The molecule has 3 aromatic rings. The number of anilines is 1. The van der Waals surface area contributed by atoms with Crippen LogP contribution in [0, 0.1) is 11.8 Å². The number of hydrogen-bond acceptors (Lipinski definition) is 6. The summed E-state index contributed by atoms with van der Waals surface area (Å²) in [6.07, 6.45) is 9.23. The lowest BCUT2D eigenvalue weighted by Gasteiger charge is -2.40. The Morgan fingerprint density at radius 3 is 2.48 bits per heavy atom. The molecule has 0 aromatic heterocycles. The van der Waals surface area contributed by atoms with Gasteiger partial charge in [0.2, 0.25) is 5.91 Å². The second kappa shape index (κ2) is 11.0. The first-order valence-corrected chi connectivity index (χ1v) is 15.4. The number of ether oxygens (including phenoxy) is 2. The Hall–Kier alpha value is -4.27. The second-order valence-corrected chi connectivity index (χ2v) is 12.4. The molecule has 0 bridgehead atoms. The van der Waals surface area contributed by atoms with E-state index in [1.807, 2.05) is 97.1 Å². The van der Waals surface area contributed by atoms with Crippen LogP contribution >= 0.6 is 0 Å². The Kier molecular flexibility index (Phi) is 7.14. The third-order valence-corrected chi connectivity index (χ3v) is 9.65. The number of hydrogen-bond donors (Lipinski definition) is 1. The first-order valence-electron chi connectivity index (χ1n) is 15.4. The fourth-order valence-corrected chi connectivity index (χ4v) is 7.68. The zero-order valence-electron chi connectivity index (χ0n) is 24.7. The Morgan fingerprint density at radius 1 is 0.909 bits per heavy atom. The van der Waals surface area contributed by atoms with Gasteiger partial charge in [-0.3, -0.25) is 14.4 Å². The molecule has 2 amide bonds. The molecule has 0 radical (unpaired) electrons. The molecule has 4 heterocycles. The summed E-state index contributed by atoms with van der Waals surface area (Å²) in [5, 5.41) is 12.8. The molecular weight excluding hydrogens is 556 g/mol. The summed E-state index contributed by atoms with van der Waals surface area (Å²) < 4.78 is 12.6. The number of aliphatic hydroxyl groups excluding tert-OH is 1.